The minimum Gasteiger partial charge on any atom is -0.479 e. The van der Waals surface area contributed by atoms with Crippen molar-refractivity contribution in [3.05, 3.63) is 71.3 Å². The molecule has 2 aliphatic rings. The number of carboxylic acid groups (broad SMARTS) is 1. The van der Waals surface area contributed by atoms with E-state index in [-0.39, 0.29) is 13.2 Å². The summed E-state index contributed by atoms with van der Waals surface area (Å²) in [5.74, 6) is -1.19. The lowest BCUT2D eigenvalue weighted by atomic mass is 9.91. The molecule has 2 aliphatic heterocycles. The van der Waals surface area contributed by atoms with Crippen LogP contribution in [0.3, 0.4) is 0 Å². The maximum atomic E-state index is 12.7. The number of fused-ring (bicyclic) bond motifs is 4. The maximum absolute atomic E-state index is 12.7. The summed E-state index contributed by atoms with van der Waals surface area (Å²) < 4.78 is 22.5. The predicted molar refractivity (Wildman–Crippen MR) is 95.6 cm³/mol. The van der Waals surface area contributed by atoms with Crippen LogP contribution in [0.15, 0.2) is 54.6 Å². The molecule has 0 radical (unpaired) electrons. The van der Waals surface area contributed by atoms with Crippen LogP contribution in [0, 0.1) is 0 Å². The normalized spacial score (nSPS) is 22.7. The largest absolute Gasteiger partial charge is 0.494 e. The van der Waals surface area contributed by atoms with Gasteiger partial charge in [0.1, 0.15) is 6.04 Å². The Balaban J connectivity index is 1.57. The zero-order valence-electron chi connectivity index (χ0n) is 14.5. The molecule has 1 fully saturated rings. The zero-order chi connectivity index (χ0) is 19.9. The summed E-state index contributed by atoms with van der Waals surface area (Å²) in [6.07, 6.45) is 0. The molecule has 0 aromatic heterocycles. The fraction of sp³-hybridized carbons (Fsp3) is 0.222. The van der Waals surface area contributed by atoms with Gasteiger partial charge in [-0.15, -0.1) is 0 Å². The molecule has 2 aromatic rings. The Morgan fingerprint density at radius 2 is 1.75 bits per heavy atom. The first-order valence-electron chi connectivity index (χ1n) is 8.50. The second-order valence-corrected chi connectivity index (χ2v) is 7.81. The van der Waals surface area contributed by atoms with Gasteiger partial charge in [0.25, 0.3) is 0 Å². The lowest BCUT2D eigenvalue weighted by molar-refractivity contribution is -0.142. The van der Waals surface area contributed by atoms with Crippen molar-refractivity contribution in [3.8, 4) is 0 Å². The number of carbonyl (C=O) groups is 2. The summed E-state index contributed by atoms with van der Waals surface area (Å²) in [4.78, 5) is 35.6. The van der Waals surface area contributed by atoms with Gasteiger partial charge in [-0.05, 0) is 16.7 Å². The van der Waals surface area contributed by atoms with E-state index in [1.165, 1.54) is 0 Å². The Bertz CT molecular complexity index is 967. The third-order valence-electron chi connectivity index (χ3n) is 4.71. The summed E-state index contributed by atoms with van der Waals surface area (Å²) in [7, 11) is -4.62. The lowest BCUT2D eigenvalue weighted by Crippen LogP contribution is -2.38. The number of aliphatic carboxylic acids is 1. The third kappa shape index (κ3) is 3.29. The Hall–Kier alpha value is -2.71. The van der Waals surface area contributed by atoms with Crippen LogP contribution in [0.5, 0.6) is 0 Å². The summed E-state index contributed by atoms with van der Waals surface area (Å²) >= 11 is 0. The average Bonchev–Trinajstić information content (AvgIpc) is 2.94. The standard InChI is InChI=1S/C18H17N2O7P/c21-17(22)16-14-9-5-4-8-13(14)15-10-19(16)18(23)20(15)27-28(24,25)26-11-12-6-2-1-3-7-12/h1-9,15-16H,10-11H2,(H,21,22)(H,24,25). The molecule has 0 aliphatic carbocycles. The molecule has 3 atom stereocenters. The fourth-order valence-electron chi connectivity index (χ4n) is 3.49. The van der Waals surface area contributed by atoms with Crippen molar-refractivity contribution in [2.24, 2.45) is 0 Å². The Labute approximate surface area is 160 Å². The molecule has 3 unspecified atom stereocenters. The molecule has 2 heterocycles. The van der Waals surface area contributed by atoms with Crippen LogP contribution in [0.1, 0.15) is 28.8 Å². The van der Waals surface area contributed by atoms with Crippen molar-refractivity contribution in [2.45, 2.75) is 18.7 Å². The Morgan fingerprint density at radius 1 is 1.11 bits per heavy atom. The molecule has 2 N–H and O–H groups in total. The molecule has 28 heavy (non-hydrogen) atoms. The molecule has 2 aromatic carbocycles. The molecular weight excluding hydrogens is 387 g/mol. The second-order valence-electron chi connectivity index (χ2n) is 6.46. The molecule has 0 spiro atoms. The van der Waals surface area contributed by atoms with Gasteiger partial charge in [-0.3, -0.25) is 4.52 Å². The number of phosphoric acid groups is 1. The number of hydrogen-bond acceptors (Lipinski definition) is 5. The number of carboxylic acids is 1. The number of rotatable bonds is 6. The van der Waals surface area contributed by atoms with Crippen LogP contribution < -0.4 is 0 Å². The number of hydroxylamine groups is 2. The number of amides is 2. The number of benzene rings is 2. The number of carbonyl (C=O) groups excluding carboxylic acids is 1. The van der Waals surface area contributed by atoms with E-state index < -0.39 is 31.9 Å². The first-order valence-corrected chi connectivity index (χ1v) is 9.99. The highest BCUT2D eigenvalue weighted by molar-refractivity contribution is 7.47. The van der Waals surface area contributed by atoms with Gasteiger partial charge in [0, 0.05) is 0 Å². The quantitative estimate of drug-likeness (QED) is 0.711. The number of hydrogen-bond donors (Lipinski definition) is 2. The van der Waals surface area contributed by atoms with E-state index in [2.05, 4.69) is 0 Å². The topological polar surface area (TPSA) is 117 Å². The molecule has 2 amide bonds. The lowest BCUT2D eigenvalue weighted by Gasteiger charge is -2.30. The van der Waals surface area contributed by atoms with Gasteiger partial charge in [0.2, 0.25) is 0 Å². The minimum absolute atomic E-state index is 0.0332. The van der Waals surface area contributed by atoms with Gasteiger partial charge in [-0.25, -0.2) is 14.2 Å². The highest BCUT2D eigenvalue weighted by atomic mass is 31.2. The van der Waals surface area contributed by atoms with E-state index in [1.54, 1.807) is 54.6 Å². The molecular formula is C18H17N2O7P. The molecule has 0 saturated carbocycles. The van der Waals surface area contributed by atoms with Gasteiger partial charge in [-0.1, -0.05) is 54.6 Å². The first-order chi connectivity index (χ1) is 13.4. The Morgan fingerprint density at radius 3 is 2.43 bits per heavy atom. The van der Waals surface area contributed by atoms with Gasteiger partial charge in [-0.2, -0.15) is 9.69 Å². The van der Waals surface area contributed by atoms with Crippen molar-refractivity contribution in [2.75, 3.05) is 6.54 Å². The van der Waals surface area contributed by atoms with Crippen LogP contribution in [-0.2, 0) is 25.1 Å². The van der Waals surface area contributed by atoms with Crippen molar-refractivity contribution in [3.63, 3.8) is 0 Å². The predicted octanol–water partition coefficient (Wildman–Crippen LogP) is 2.85. The zero-order valence-corrected chi connectivity index (χ0v) is 15.4. The minimum atomic E-state index is -4.62. The average molecular weight is 404 g/mol. The van der Waals surface area contributed by atoms with Crippen LogP contribution in [0.2, 0.25) is 0 Å². The van der Waals surface area contributed by atoms with Gasteiger partial charge < -0.3 is 14.9 Å². The van der Waals surface area contributed by atoms with Crippen molar-refractivity contribution >= 4 is 19.8 Å². The second kappa shape index (κ2) is 7.03. The number of phosphoric ester groups is 1. The monoisotopic (exact) mass is 404 g/mol. The maximum Gasteiger partial charge on any atom is 0.494 e. The summed E-state index contributed by atoms with van der Waals surface area (Å²) in [5.41, 5.74) is 1.66. The van der Waals surface area contributed by atoms with Crippen LogP contribution in [-0.4, -0.2) is 38.5 Å². The third-order valence-corrected chi connectivity index (χ3v) is 5.55. The Kier molecular flexibility index (Phi) is 4.68. The van der Waals surface area contributed by atoms with E-state index in [1.807, 2.05) is 0 Å². The van der Waals surface area contributed by atoms with E-state index in [9.17, 15) is 24.2 Å². The van der Waals surface area contributed by atoms with Crippen LogP contribution in [0.4, 0.5) is 4.79 Å². The van der Waals surface area contributed by atoms with Crippen molar-refractivity contribution in [1.29, 1.82) is 0 Å². The molecule has 4 rings (SSSR count). The fourth-order valence-corrected chi connectivity index (χ4v) is 4.26. The molecule has 1 saturated heterocycles. The van der Waals surface area contributed by atoms with Gasteiger partial charge in [0.05, 0.1) is 13.2 Å². The number of nitrogens with zero attached hydrogens (tertiary/aromatic N) is 2. The van der Waals surface area contributed by atoms with Crippen LogP contribution >= 0.6 is 7.82 Å². The highest BCUT2D eigenvalue weighted by Gasteiger charge is 2.52. The molecule has 9 nitrogen and oxygen atoms in total. The summed E-state index contributed by atoms with van der Waals surface area (Å²) in [6, 6.07) is 12.7. The van der Waals surface area contributed by atoms with E-state index >= 15 is 0 Å². The van der Waals surface area contributed by atoms with E-state index in [0.29, 0.717) is 16.7 Å². The van der Waals surface area contributed by atoms with E-state index in [0.717, 1.165) is 9.96 Å². The van der Waals surface area contributed by atoms with Crippen molar-refractivity contribution in [1.82, 2.24) is 9.96 Å². The highest BCUT2D eigenvalue weighted by Crippen LogP contribution is 2.51. The van der Waals surface area contributed by atoms with E-state index in [4.69, 9.17) is 9.15 Å². The molecule has 2 bridgehead atoms. The molecule has 10 heteroatoms. The smallest absolute Gasteiger partial charge is 0.479 e. The first kappa shape index (κ1) is 18.6. The van der Waals surface area contributed by atoms with Crippen molar-refractivity contribution < 1.29 is 33.3 Å². The SMILES string of the molecule is O=C(O)C1c2ccccc2C2CN1C(=O)N2OP(=O)(O)OCc1ccccc1. The number of urea groups is 1. The summed E-state index contributed by atoms with van der Waals surface area (Å²) in [5, 5.41) is 10.3. The van der Waals surface area contributed by atoms with Crippen LogP contribution in [0.25, 0.3) is 0 Å². The summed E-state index contributed by atoms with van der Waals surface area (Å²) in [6.45, 7) is -0.148. The molecule has 146 valence electrons. The van der Waals surface area contributed by atoms with Gasteiger partial charge >= 0.3 is 19.8 Å². The van der Waals surface area contributed by atoms with Gasteiger partial charge in [0.15, 0.2) is 6.04 Å².